The Morgan fingerprint density at radius 1 is 1.30 bits per heavy atom. The molecule has 1 saturated heterocycles. The van der Waals surface area contributed by atoms with E-state index in [1.807, 2.05) is 4.90 Å². The third-order valence-corrected chi connectivity index (χ3v) is 4.59. The smallest absolute Gasteiger partial charge is 0.227 e. The lowest BCUT2D eigenvalue weighted by molar-refractivity contribution is 0.166. The van der Waals surface area contributed by atoms with Gasteiger partial charge < -0.3 is 9.52 Å². The molecule has 1 fully saturated rings. The molecule has 0 atom stereocenters. The maximum absolute atomic E-state index is 11.5. The summed E-state index contributed by atoms with van der Waals surface area (Å²) < 4.78 is 29.6. The number of piperazine rings is 1. The van der Waals surface area contributed by atoms with E-state index in [0.717, 1.165) is 0 Å². The van der Waals surface area contributed by atoms with Crippen LogP contribution >= 0.6 is 0 Å². The first-order valence-electron chi connectivity index (χ1n) is 6.27. The summed E-state index contributed by atoms with van der Waals surface area (Å²) in [6.07, 6.45) is 1.19. The van der Waals surface area contributed by atoms with Crippen molar-refractivity contribution in [3.63, 3.8) is 0 Å². The van der Waals surface area contributed by atoms with Crippen LogP contribution in [0, 0.1) is 6.92 Å². The fourth-order valence-corrected chi connectivity index (χ4v) is 3.02. The van der Waals surface area contributed by atoms with E-state index in [9.17, 15) is 18.3 Å². The van der Waals surface area contributed by atoms with Gasteiger partial charge in [-0.15, -0.1) is 0 Å². The molecule has 1 aromatic heterocycles. The lowest BCUT2D eigenvalue weighted by atomic mass is 10.2. The Balaban J connectivity index is 2.05. The number of nitrogens with zero attached hydrogens (tertiary/aromatic N) is 2. The van der Waals surface area contributed by atoms with Crippen molar-refractivity contribution in [2.24, 2.45) is 0 Å². The molecule has 0 radical (unpaired) electrons. The van der Waals surface area contributed by atoms with Crippen LogP contribution in [0.5, 0.6) is 5.75 Å². The lowest BCUT2D eigenvalue weighted by Crippen LogP contribution is -2.47. The average Bonchev–Trinajstić information content (AvgIpc) is 2.35. The predicted octanol–water partition coefficient (Wildman–Crippen LogP) is -0.269. The van der Waals surface area contributed by atoms with E-state index >= 15 is 0 Å². The molecule has 0 unspecified atom stereocenters. The van der Waals surface area contributed by atoms with E-state index in [0.29, 0.717) is 38.5 Å². The molecule has 7 nitrogen and oxygen atoms in total. The highest BCUT2D eigenvalue weighted by molar-refractivity contribution is 7.88. The van der Waals surface area contributed by atoms with Gasteiger partial charge in [-0.25, -0.2) is 8.42 Å². The fraction of sp³-hybridized carbons (Fsp3) is 0.583. The molecule has 0 saturated carbocycles. The summed E-state index contributed by atoms with van der Waals surface area (Å²) in [5, 5.41) is 9.69. The Kier molecular flexibility index (Phi) is 4.17. The molecule has 0 aliphatic carbocycles. The highest BCUT2D eigenvalue weighted by Gasteiger charge is 2.24. The van der Waals surface area contributed by atoms with Gasteiger partial charge in [0.05, 0.1) is 12.8 Å². The molecule has 8 heteroatoms. The van der Waals surface area contributed by atoms with Crippen molar-refractivity contribution >= 4 is 10.0 Å². The van der Waals surface area contributed by atoms with Crippen molar-refractivity contribution in [2.75, 3.05) is 32.4 Å². The van der Waals surface area contributed by atoms with E-state index in [1.54, 1.807) is 6.92 Å². The average molecular weight is 302 g/mol. The standard InChI is InChI=1S/C12H18N2O5S/c1-9-7-10(15)12(16)11(19-9)8-13-3-5-14(6-4-13)20(2,17)18/h7,16H,3-6,8H2,1-2H3. The second-order valence-electron chi connectivity index (χ2n) is 4.93. The minimum absolute atomic E-state index is 0.225. The number of aryl methyl sites for hydroxylation is 1. The Bertz CT molecular complexity index is 644. The van der Waals surface area contributed by atoms with Crippen molar-refractivity contribution in [2.45, 2.75) is 13.5 Å². The molecule has 2 rings (SSSR count). The molecule has 1 N–H and O–H groups in total. The highest BCUT2D eigenvalue weighted by atomic mass is 32.2. The quantitative estimate of drug-likeness (QED) is 0.826. The van der Waals surface area contributed by atoms with E-state index < -0.39 is 15.5 Å². The molecule has 0 aromatic carbocycles. The third kappa shape index (κ3) is 3.38. The van der Waals surface area contributed by atoms with Crippen molar-refractivity contribution in [3.8, 4) is 5.75 Å². The highest BCUT2D eigenvalue weighted by Crippen LogP contribution is 2.17. The second kappa shape index (κ2) is 5.55. The molecular weight excluding hydrogens is 284 g/mol. The van der Waals surface area contributed by atoms with E-state index in [2.05, 4.69) is 0 Å². The molecule has 0 spiro atoms. The lowest BCUT2D eigenvalue weighted by Gasteiger charge is -2.32. The molecule has 1 aliphatic rings. The van der Waals surface area contributed by atoms with Crippen molar-refractivity contribution in [3.05, 3.63) is 27.8 Å². The minimum Gasteiger partial charge on any atom is -0.502 e. The summed E-state index contributed by atoms with van der Waals surface area (Å²) in [5.74, 6) is 0.293. The summed E-state index contributed by atoms with van der Waals surface area (Å²) in [7, 11) is -3.16. The molecular formula is C12H18N2O5S. The van der Waals surface area contributed by atoms with Crippen LogP contribution in [0.3, 0.4) is 0 Å². The predicted molar refractivity (Wildman–Crippen MR) is 73.1 cm³/mol. The van der Waals surface area contributed by atoms with Crippen LogP contribution < -0.4 is 5.43 Å². The van der Waals surface area contributed by atoms with Crippen LogP contribution in [0.4, 0.5) is 0 Å². The molecule has 20 heavy (non-hydrogen) atoms. The minimum atomic E-state index is -3.16. The van der Waals surface area contributed by atoms with Crippen LogP contribution in [-0.4, -0.2) is 55.2 Å². The van der Waals surface area contributed by atoms with Gasteiger partial charge in [-0.2, -0.15) is 4.31 Å². The molecule has 2 heterocycles. The summed E-state index contributed by atoms with van der Waals surface area (Å²) >= 11 is 0. The molecule has 1 aromatic rings. The van der Waals surface area contributed by atoms with Gasteiger partial charge in [0.15, 0.2) is 5.76 Å². The molecule has 0 bridgehead atoms. The zero-order valence-electron chi connectivity index (χ0n) is 11.5. The fourth-order valence-electron chi connectivity index (χ4n) is 2.19. The molecule has 0 amide bonds. The maximum atomic E-state index is 11.5. The Morgan fingerprint density at radius 2 is 1.90 bits per heavy atom. The van der Waals surface area contributed by atoms with Gasteiger partial charge in [0.2, 0.25) is 21.2 Å². The first kappa shape index (κ1) is 15.0. The van der Waals surface area contributed by atoms with Gasteiger partial charge in [-0.05, 0) is 6.92 Å². The first-order valence-corrected chi connectivity index (χ1v) is 8.12. The Hall–Kier alpha value is -1.38. The summed E-state index contributed by atoms with van der Waals surface area (Å²) in [5.41, 5.74) is -0.460. The molecule has 112 valence electrons. The van der Waals surface area contributed by atoms with Gasteiger partial charge in [-0.1, -0.05) is 0 Å². The zero-order chi connectivity index (χ0) is 14.9. The Morgan fingerprint density at radius 3 is 2.45 bits per heavy atom. The third-order valence-electron chi connectivity index (χ3n) is 3.28. The largest absolute Gasteiger partial charge is 0.502 e. The monoisotopic (exact) mass is 302 g/mol. The van der Waals surface area contributed by atoms with Crippen LogP contribution in [0.1, 0.15) is 11.5 Å². The van der Waals surface area contributed by atoms with Crippen LogP contribution in [0.15, 0.2) is 15.3 Å². The van der Waals surface area contributed by atoms with Crippen LogP contribution in [-0.2, 0) is 16.6 Å². The van der Waals surface area contributed by atoms with Gasteiger partial charge in [-0.3, -0.25) is 9.69 Å². The SMILES string of the molecule is Cc1cc(=O)c(O)c(CN2CCN(S(C)(=O)=O)CC2)o1. The second-order valence-corrected chi connectivity index (χ2v) is 6.91. The van der Waals surface area contributed by atoms with Crippen LogP contribution in [0.25, 0.3) is 0 Å². The van der Waals surface area contributed by atoms with Crippen LogP contribution in [0.2, 0.25) is 0 Å². The van der Waals surface area contributed by atoms with Crippen molar-refractivity contribution in [1.29, 1.82) is 0 Å². The van der Waals surface area contributed by atoms with E-state index in [1.165, 1.54) is 16.6 Å². The van der Waals surface area contributed by atoms with Crippen molar-refractivity contribution in [1.82, 2.24) is 9.21 Å². The van der Waals surface area contributed by atoms with Gasteiger partial charge >= 0.3 is 0 Å². The Labute approximate surface area is 117 Å². The number of rotatable bonds is 3. The van der Waals surface area contributed by atoms with Gasteiger partial charge in [0.1, 0.15) is 5.76 Å². The zero-order valence-corrected chi connectivity index (χ0v) is 12.3. The summed E-state index contributed by atoms with van der Waals surface area (Å²) in [4.78, 5) is 13.4. The summed E-state index contributed by atoms with van der Waals surface area (Å²) in [6, 6.07) is 1.24. The normalized spacial score (nSPS) is 18.3. The number of hydrogen-bond donors (Lipinski definition) is 1. The van der Waals surface area contributed by atoms with E-state index in [4.69, 9.17) is 4.42 Å². The first-order chi connectivity index (χ1) is 9.27. The maximum Gasteiger partial charge on any atom is 0.227 e. The topological polar surface area (TPSA) is 91.1 Å². The number of sulfonamides is 1. The summed E-state index contributed by atoms with van der Waals surface area (Å²) in [6.45, 7) is 3.80. The number of hydrogen-bond acceptors (Lipinski definition) is 6. The van der Waals surface area contributed by atoms with E-state index in [-0.39, 0.29) is 11.5 Å². The van der Waals surface area contributed by atoms with Gasteiger partial charge in [0.25, 0.3) is 0 Å². The van der Waals surface area contributed by atoms with Gasteiger partial charge in [0, 0.05) is 32.2 Å². The molecule has 1 aliphatic heterocycles. The van der Waals surface area contributed by atoms with Crippen molar-refractivity contribution < 1.29 is 17.9 Å². The number of aromatic hydroxyl groups is 1.